The second kappa shape index (κ2) is 4.77. The van der Waals surface area contributed by atoms with Crippen LogP contribution in [0, 0.1) is 5.92 Å². The zero-order valence-electron chi connectivity index (χ0n) is 8.93. The Labute approximate surface area is 88.2 Å². The molecule has 0 spiro atoms. The number of carbonyl (C=O) groups is 1. The van der Waals surface area contributed by atoms with Crippen LogP contribution in [-0.4, -0.2) is 15.6 Å². The van der Waals surface area contributed by atoms with Crippen molar-refractivity contribution in [2.24, 2.45) is 5.92 Å². The molecule has 0 unspecified atom stereocenters. The molecular formula is C11H15NO3. The van der Waals surface area contributed by atoms with Crippen molar-refractivity contribution in [1.82, 2.24) is 4.57 Å². The number of aromatic nitrogens is 1. The smallest absolute Gasteiger partial charge is 0.352 e. The fourth-order valence-electron chi connectivity index (χ4n) is 1.32. The zero-order chi connectivity index (χ0) is 11.4. The van der Waals surface area contributed by atoms with Gasteiger partial charge in [0.25, 0.3) is 5.56 Å². The number of hydrogen-bond acceptors (Lipinski definition) is 2. The third-order valence-corrected chi connectivity index (χ3v) is 2.20. The predicted octanol–water partition coefficient (Wildman–Crippen LogP) is 1.59. The maximum atomic E-state index is 11.5. The van der Waals surface area contributed by atoms with Gasteiger partial charge >= 0.3 is 5.97 Å². The monoisotopic (exact) mass is 209 g/mol. The van der Waals surface area contributed by atoms with Gasteiger partial charge in [-0.15, -0.1) is 0 Å². The third-order valence-electron chi connectivity index (χ3n) is 2.20. The molecule has 0 atom stereocenters. The molecule has 0 saturated carbocycles. The van der Waals surface area contributed by atoms with E-state index in [0.29, 0.717) is 12.5 Å². The highest BCUT2D eigenvalue weighted by Crippen LogP contribution is 2.04. The van der Waals surface area contributed by atoms with E-state index in [4.69, 9.17) is 5.11 Å². The van der Waals surface area contributed by atoms with Gasteiger partial charge in [0.1, 0.15) is 5.69 Å². The van der Waals surface area contributed by atoms with Crippen molar-refractivity contribution < 1.29 is 9.90 Å². The molecule has 0 radical (unpaired) electrons. The standard InChI is InChI=1S/C11H15NO3/c1-8(2)6-7-12-9(11(14)15)4-3-5-10(12)13/h3-5,8H,6-7H2,1-2H3,(H,14,15). The lowest BCUT2D eigenvalue weighted by atomic mass is 10.1. The van der Waals surface area contributed by atoms with Gasteiger partial charge < -0.3 is 9.67 Å². The zero-order valence-corrected chi connectivity index (χ0v) is 8.93. The summed E-state index contributed by atoms with van der Waals surface area (Å²) < 4.78 is 1.31. The fraction of sp³-hybridized carbons (Fsp3) is 0.455. The van der Waals surface area contributed by atoms with Crippen LogP contribution in [0.5, 0.6) is 0 Å². The Balaban J connectivity index is 3.03. The van der Waals surface area contributed by atoms with Crippen LogP contribution in [0.1, 0.15) is 30.8 Å². The lowest BCUT2D eigenvalue weighted by molar-refractivity contribution is 0.0682. The number of aromatic carboxylic acids is 1. The minimum Gasteiger partial charge on any atom is -0.477 e. The Hall–Kier alpha value is -1.58. The van der Waals surface area contributed by atoms with Gasteiger partial charge in [-0.3, -0.25) is 4.79 Å². The summed E-state index contributed by atoms with van der Waals surface area (Å²) in [6, 6.07) is 4.30. The van der Waals surface area contributed by atoms with Gasteiger partial charge in [0.15, 0.2) is 0 Å². The normalized spacial score (nSPS) is 10.6. The van der Waals surface area contributed by atoms with Crippen molar-refractivity contribution in [3.8, 4) is 0 Å². The van der Waals surface area contributed by atoms with Crippen LogP contribution in [0.2, 0.25) is 0 Å². The van der Waals surface area contributed by atoms with Crippen LogP contribution in [-0.2, 0) is 6.54 Å². The Morgan fingerprint density at radius 3 is 2.67 bits per heavy atom. The lowest BCUT2D eigenvalue weighted by Crippen LogP contribution is -2.25. The molecule has 0 saturated heterocycles. The van der Waals surface area contributed by atoms with Crippen LogP contribution < -0.4 is 5.56 Å². The Morgan fingerprint density at radius 1 is 1.47 bits per heavy atom. The molecule has 4 nitrogen and oxygen atoms in total. The summed E-state index contributed by atoms with van der Waals surface area (Å²) >= 11 is 0. The van der Waals surface area contributed by atoms with Gasteiger partial charge in [0.2, 0.25) is 0 Å². The molecule has 0 fully saturated rings. The highest BCUT2D eigenvalue weighted by atomic mass is 16.4. The van der Waals surface area contributed by atoms with Gasteiger partial charge in [0, 0.05) is 12.6 Å². The van der Waals surface area contributed by atoms with Gasteiger partial charge in [0.05, 0.1) is 0 Å². The molecule has 0 aliphatic carbocycles. The number of carboxylic acids is 1. The van der Waals surface area contributed by atoms with Gasteiger partial charge in [-0.1, -0.05) is 19.9 Å². The Morgan fingerprint density at radius 2 is 2.13 bits per heavy atom. The van der Waals surface area contributed by atoms with Crippen LogP contribution >= 0.6 is 0 Å². The molecule has 82 valence electrons. The summed E-state index contributed by atoms with van der Waals surface area (Å²) in [5.41, 5.74) is -0.196. The summed E-state index contributed by atoms with van der Waals surface area (Å²) in [7, 11) is 0. The molecule has 0 aromatic carbocycles. The average Bonchev–Trinajstić information content (AvgIpc) is 2.15. The summed E-state index contributed by atoms with van der Waals surface area (Å²) in [6.45, 7) is 4.53. The van der Waals surface area contributed by atoms with Gasteiger partial charge in [-0.25, -0.2) is 4.79 Å². The van der Waals surface area contributed by atoms with E-state index in [1.807, 2.05) is 13.8 Å². The average molecular weight is 209 g/mol. The highest BCUT2D eigenvalue weighted by molar-refractivity contribution is 5.85. The van der Waals surface area contributed by atoms with E-state index in [0.717, 1.165) is 6.42 Å². The number of pyridine rings is 1. The maximum Gasteiger partial charge on any atom is 0.352 e. The molecule has 1 N–H and O–H groups in total. The van der Waals surface area contributed by atoms with Crippen molar-refractivity contribution in [3.63, 3.8) is 0 Å². The molecular weight excluding hydrogens is 194 g/mol. The molecule has 0 amide bonds. The number of nitrogens with zero attached hydrogens (tertiary/aromatic N) is 1. The quantitative estimate of drug-likeness (QED) is 0.819. The molecule has 4 heteroatoms. The minimum absolute atomic E-state index is 0.0585. The minimum atomic E-state index is -1.06. The summed E-state index contributed by atoms with van der Waals surface area (Å²) in [6.07, 6.45) is 0.796. The molecule has 1 aromatic rings. The van der Waals surface area contributed by atoms with E-state index < -0.39 is 5.97 Å². The van der Waals surface area contributed by atoms with E-state index >= 15 is 0 Å². The largest absolute Gasteiger partial charge is 0.477 e. The van der Waals surface area contributed by atoms with E-state index in [-0.39, 0.29) is 11.3 Å². The molecule has 0 aliphatic rings. The van der Waals surface area contributed by atoms with Crippen molar-refractivity contribution in [3.05, 3.63) is 34.2 Å². The van der Waals surface area contributed by atoms with E-state index in [1.165, 1.54) is 22.8 Å². The second-order valence-electron chi connectivity index (χ2n) is 3.89. The Kier molecular flexibility index (Phi) is 3.66. The summed E-state index contributed by atoms with van der Waals surface area (Å²) in [5.74, 6) is -0.616. The fourth-order valence-corrected chi connectivity index (χ4v) is 1.32. The molecule has 0 bridgehead atoms. The molecule has 1 aromatic heterocycles. The lowest BCUT2D eigenvalue weighted by Gasteiger charge is -2.10. The molecule has 1 heterocycles. The van der Waals surface area contributed by atoms with Crippen LogP contribution in [0.25, 0.3) is 0 Å². The van der Waals surface area contributed by atoms with Crippen molar-refractivity contribution in [2.75, 3.05) is 0 Å². The van der Waals surface area contributed by atoms with E-state index in [9.17, 15) is 9.59 Å². The predicted molar refractivity (Wildman–Crippen MR) is 57.1 cm³/mol. The summed E-state index contributed by atoms with van der Waals surface area (Å²) in [4.78, 5) is 22.3. The van der Waals surface area contributed by atoms with Crippen LogP contribution in [0.15, 0.2) is 23.0 Å². The first-order valence-electron chi connectivity index (χ1n) is 4.95. The highest BCUT2D eigenvalue weighted by Gasteiger charge is 2.10. The second-order valence-corrected chi connectivity index (χ2v) is 3.89. The summed E-state index contributed by atoms with van der Waals surface area (Å²) in [5, 5.41) is 8.90. The van der Waals surface area contributed by atoms with Crippen molar-refractivity contribution >= 4 is 5.97 Å². The first kappa shape index (κ1) is 11.5. The molecule has 1 rings (SSSR count). The van der Waals surface area contributed by atoms with Gasteiger partial charge in [-0.2, -0.15) is 0 Å². The maximum absolute atomic E-state index is 11.5. The van der Waals surface area contributed by atoms with E-state index in [1.54, 1.807) is 0 Å². The Bertz CT molecular complexity index is 407. The van der Waals surface area contributed by atoms with Crippen LogP contribution in [0.3, 0.4) is 0 Å². The van der Waals surface area contributed by atoms with Gasteiger partial charge in [-0.05, 0) is 18.4 Å². The number of hydrogen-bond donors (Lipinski definition) is 1. The first-order valence-corrected chi connectivity index (χ1v) is 4.95. The first-order chi connectivity index (χ1) is 7.02. The van der Waals surface area contributed by atoms with Crippen LogP contribution in [0.4, 0.5) is 0 Å². The van der Waals surface area contributed by atoms with Crippen molar-refractivity contribution in [2.45, 2.75) is 26.8 Å². The number of rotatable bonds is 4. The molecule has 0 aliphatic heterocycles. The van der Waals surface area contributed by atoms with Crippen molar-refractivity contribution in [1.29, 1.82) is 0 Å². The SMILES string of the molecule is CC(C)CCn1c(C(=O)O)cccc1=O. The number of carboxylic acid groups (broad SMARTS) is 1. The third kappa shape index (κ3) is 2.94. The topological polar surface area (TPSA) is 59.3 Å². The molecule has 15 heavy (non-hydrogen) atoms. The van der Waals surface area contributed by atoms with E-state index in [2.05, 4.69) is 0 Å².